The van der Waals surface area contributed by atoms with Gasteiger partial charge in [0.2, 0.25) is 0 Å². The third-order valence-corrected chi connectivity index (χ3v) is 3.67. The van der Waals surface area contributed by atoms with Gasteiger partial charge in [0.1, 0.15) is 5.82 Å². The van der Waals surface area contributed by atoms with Crippen molar-refractivity contribution in [2.45, 2.75) is 27.2 Å². The van der Waals surface area contributed by atoms with Gasteiger partial charge in [-0.1, -0.05) is 32.9 Å². The third kappa shape index (κ3) is 5.51. The van der Waals surface area contributed by atoms with E-state index in [4.69, 9.17) is 0 Å². The van der Waals surface area contributed by atoms with Crippen LogP contribution in [0.5, 0.6) is 0 Å². The fourth-order valence-corrected chi connectivity index (χ4v) is 2.17. The number of Topliss-reactive ketones (excluding diaryl/α,β-unsaturated/α-hetero) is 1. The van der Waals surface area contributed by atoms with Gasteiger partial charge in [-0.05, 0) is 36.2 Å². The van der Waals surface area contributed by atoms with Crippen molar-refractivity contribution in [3.63, 3.8) is 0 Å². The van der Waals surface area contributed by atoms with Crippen LogP contribution in [0.4, 0.5) is 5.82 Å². The lowest BCUT2D eigenvalue weighted by molar-refractivity contribution is 0.0936. The maximum absolute atomic E-state index is 11.9. The first-order valence-electron chi connectivity index (χ1n) is 8.69. The van der Waals surface area contributed by atoms with Crippen molar-refractivity contribution >= 4 is 23.7 Å². The van der Waals surface area contributed by atoms with Gasteiger partial charge in [0.15, 0.2) is 5.78 Å². The normalized spacial score (nSPS) is 10.9. The number of aromatic nitrogens is 1. The van der Waals surface area contributed by atoms with Gasteiger partial charge in [0, 0.05) is 29.8 Å². The molecular weight excluding hydrogens is 328 g/mol. The summed E-state index contributed by atoms with van der Waals surface area (Å²) < 4.78 is 0. The average molecular weight is 352 g/mol. The zero-order chi connectivity index (χ0) is 18.9. The van der Waals surface area contributed by atoms with Crippen LogP contribution in [0.3, 0.4) is 0 Å². The van der Waals surface area contributed by atoms with Crippen LogP contribution in [-0.4, -0.2) is 29.4 Å². The molecule has 6 nitrogen and oxygen atoms in total. The molecule has 2 N–H and O–H groups in total. The molecule has 1 aromatic heterocycles. The number of nitrogens with zero attached hydrogens (tertiary/aromatic N) is 2. The number of anilines is 1. The van der Waals surface area contributed by atoms with E-state index in [-0.39, 0.29) is 17.6 Å². The average Bonchev–Trinajstić information content (AvgIpc) is 2.66. The molecule has 0 spiro atoms. The summed E-state index contributed by atoms with van der Waals surface area (Å²) in [5.74, 6) is 0.488. The second kappa shape index (κ2) is 9.46. The van der Waals surface area contributed by atoms with E-state index in [0.29, 0.717) is 23.5 Å². The fraction of sp³-hybridized carbons (Fsp3) is 0.300. The van der Waals surface area contributed by atoms with Gasteiger partial charge < -0.3 is 5.32 Å². The Morgan fingerprint density at radius 1 is 1.12 bits per heavy atom. The van der Waals surface area contributed by atoms with E-state index in [1.165, 1.54) is 0 Å². The first-order valence-corrected chi connectivity index (χ1v) is 8.69. The van der Waals surface area contributed by atoms with Crippen LogP contribution in [0.15, 0.2) is 47.7 Å². The van der Waals surface area contributed by atoms with Crippen LogP contribution in [0.2, 0.25) is 0 Å². The van der Waals surface area contributed by atoms with Crippen LogP contribution in [-0.2, 0) is 0 Å². The first-order chi connectivity index (χ1) is 12.5. The van der Waals surface area contributed by atoms with E-state index in [1.54, 1.807) is 36.7 Å². The molecule has 0 atom stereocenters. The number of amides is 1. The summed E-state index contributed by atoms with van der Waals surface area (Å²) >= 11 is 0. The second-order valence-electron chi connectivity index (χ2n) is 6.20. The van der Waals surface area contributed by atoms with Gasteiger partial charge in [-0.3, -0.25) is 15.0 Å². The number of benzene rings is 1. The molecule has 0 aliphatic rings. The molecule has 6 heteroatoms. The van der Waals surface area contributed by atoms with Crippen molar-refractivity contribution in [2.24, 2.45) is 11.0 Å². The minimum Gasteiger partial charge on any atom is -0.352 e. The van der Waals surface area contributed by atoms with Crippen molar-refractivity contribution in [1.29, 1.82) is 0 Å². The molecule has 0 saturated heterocycles. The summed E-state index contributed by atoms with van der Waals surface area (Å²) in [5.41, 5.74) is 4.89. The fourth-order valence-electron chi connectivity index (χ4n) is 2.17. The van der Waals surface area contributed by atoms with Gasteiger partial charge in [0.25, 0.3) is 5.91 Å². The number of ketones is 1. The van der Waals surface area contributed by atoms with Crippen molar-refractivity contribution in [3.8, 4) is 0 Å². The molecule has 0 bridgehead atoms. The molecule has 136 valence electrons. The predicted molar refractivity (Wildman–Crippen MR) is 104 cm³/mol. The number of hydrogen-bond donors (Lipinski definition) is 2. The predicted octanol–water partition coefficient (Wildman–Crippen LogP) is 3.51. The number of hydrazone groups is 1. The van der Waals surface area contributed by atoms with Gasteiger partial charge in [-0.15, -0.1) is 0 Å². The number of carbonyl (C=O) groups is 2. The molecule has 1 aromatic carbocycles. The van der Waals surface area contributed by atoms with Gasteiger partial charge in [-0.25, -0.2) is 4.98 Å². The Hall–Kier alpha value is -3.02. The Labute approximate surface area is 153 Å². The van der Waals surface area contributed by atoms with Crippen molar-refractivity contribution in [2.75, 3.05) is 12.0 Å². The van der Waals surface area contributed by atoms with E-state index in [9.17, 15) is 9.59 Å². The quantitative estimate of drug-likeness (QED) is 0.433. The van der Waals surface area contributed by atoms with Crippen LogP contribution in [0.1, 0.15) is 53.5 Å². The monoisotopic (exact) mass is 352 g/mol. The number of carbonyl (C=O) groups excluding carboxylic acids is 2. The summed E-state index contributed by atoms with van der Waals surface area (Å²) in [4.78, 5) is 27.9. The molecule has 0 radical (unpaired) electrons. The van der Waals surface area contributed by atoms with E-state index in [0.717, 1.165) is 12.0 Å². The SMILES string of the molecule is CCCNC(=O)c1ccc(/C=N/Nc2ccc(C(=O)C(C)C)cn2)cc1. The van der Waals surface area contributed by atoms with Crippen LogP contribution >= 0.6 is 0 Å². The lowest BCUT2D eigenvalue weighted by Gasteiger charge is -2.05. The molecule has 0 saturated carbocycles. The van der Waals surface area contributed by atoms with Crippen molar-refractivity contribution in [3.05, 3.63) is 59.3 Å². The summed E-state index contributed by atoms with van der Waals surface area (Å²) in [6.07, 6.45) is 4.09. The third-order valence-electron chi connectivity index (χ3n) is 3.67. The lowest BCUT2D eigenvalue weighted by atomic mass is 10.0. The summed E-state index contributed by atoms with van der Waals surface area (Å²) in [6.45, 7) is 6.40. The van der Waals surface area contributed by atoms with Crippen molar-refractivity contribution < 1.29 is 9.59 Å². The molecule has 0 aliphatic carbocycles. The second-order valence-corrected chi connectivity index (χ2v) is 6.20. The van der Waals surface area contributed by atoms with E-state index >= 15 is 0 Å². The Morgan fingerprint density at radius 2 is 1.81 bits per heavy atom. The standard InChI is InChI=1S/C20H24N4O2/c1-4-11-21-20(26)16-7-5-15(6-8-16)12-23-24-18-10-9-17(13-22-18)19(25)14(2)3/h5-10,12-14H,4,11H2,1-3H3,(H,21,26)(H,22,24)/b23-12+. The lowest BCUT2D eigenvalue weighted by Crippen LogP contribution is -2.23. The molecule has 2 rings (SSSR count). The molecule has 1 amide bonds. The smallest absolute Gasteiger partial charge is 0.251 e. The highest BCUT2D eigenvalue weighted by atomic mass is 16.1. The summed E-state index contributed by atoms with van der Waals surface area (Å²) in [5, 5.41) is 6.96. The number of nitrogens with one attached hydrogen (secondary N) is 2. The molecular formula is C20H24N4O2. The molecule has 1 heterocycles. The molecule has 2 aromatic rings. The molecule has 0 fully saturated rings. The van der Waals surface area contributed by atoms with Gasteiger partial charge in [-0.2, -0.15) is 5.10 Å². The van der Waals surface area contributed by atoms with E-state index in [2.05, 4.69) is 20.8 Å². The number of rotatable bonds is 8. The highest BCUT2D eigenvalue weighted by Gasteiger charge is 2.10. The Bertz CT molecular complexity index is 765. The summed E-state index contributed by atoms with van der Waals surface area (Å²) in [7, 11) is 0. The van der Waals surface area contributed by atoms with Crippen LogP contribution in [0.25, 0.3) is 0 Å². The first kappa shape index (κ1) is 19.3. The highest BCUT2D eigenvalue weighted by Crippen LogP contribution is 2.10. The summed E-state index contributed by atoms with van der Waals surface area (Å²) in [6, 6.07) is 10.6. The number of pyridine rings is 1. The molecule has 0 aliphatic heterocycles. The maximum atomic E-state index is 11.9. The van der Waals surface area contributed by atoms with Crippen LogP contribution in [0, 0.1) is 5.92 Å². The highest BCUT2D eigenvalue weighted by molar-refractivity contribution is 5.97. The molecule has 0 unspecified atom stereocenters. The largest absolute Gasteiger partial charge is 0.352 e. The van der Waals surface area contributed by atoms with Gasteiger partial charge >= 0.3 is 0 Å². The number of hydrogen-bond acceptors (Lipinski definition) is 5. The Balaban J connectivity index is 1.92. The Kier molecular flexibility index (Phi) is 7.02. The zero-order valence-electron chi connectivity index (χ0n) is 15.3. The van der Waals surface area contributed by atoms with E-state index < -0.39 is 0 Å². The maximum Gasteiger partial charge on any atom is 0.251 e. The minimum absolute atomic E-state index is 0.0549. The zero-order valence-corrected chi connectivity index (χ0v) is 15.3. The molecule has 26 heavy (non-hydrogen) atoms. The van der Waals surface area contributed by atoms with E-state index in [1.807, 2.05) is 32.9 Å². The minimum atomic E-state index is -0.0753. The van der Waals surface area contributed by atoms with Crippen molar-refractivity contribution in [1.82, 2.24) is 10.3 Å². The van der Waals surface area contributed by atoms with Gasteiger partial charge in [0.05, 0.1) is 6.21 Å². The van der Waals surface area contributed by atoms with Crippen LogP contribution < -0.4 is 10.7 Å². The Morgan fingerprint density at radius 3 is 2.38 bits per heavy atom. The topological polar surface area (TPSA) is 83.5 Å².